The van der Waals surface area contributed by atoms with E-state index in [1.54, 1.807) is 0 Å². The average Bonchev–Trinajstić information content (AvgIpc) is 2.32. The van der Waals surface area contributed by atoms with E-state index in [4.69, 9.17) is 0 Å². The Kier molecular flexibility index (Phi) is 3.43. The third-order valence-corrected chi connectivity index (χ3v) is 3.37. The van der Waals surface area contributed by atoms with Gasteiger partial charge in [-0.2, -0.15) is 0 Å². The second kappa shape index (κ2) is 4.86. The maximum absolute atomic E-state index is 11.4. The number of hydrogen-bond acceptors (Lipinski definition) is 3. The summed E-state index contributed by atoms with van der Waals surface area (Å²) in [6.45, 7) is 0. The molecule has 0 bridgehead atoms. The molecule has 0 spiro atoms. The van der Waals surface area contributed by atoms with Crippen LogP contribution in [-0.4, -0.2) is 27.1 Å². The predicted octanol–water partition coefficient (Wildman–Crippen LogP) is 2.53. The van der Waals surface area contributed by atoms with E-state index in [0.717, 1.165) is 24.2 Å². The topological polar surface area (TPSA) is 81.0 Å². The first kappa shape index (κ1) is 12.7. The van der Waals surface area contributed by atoms with Crippen LogP contribution >= 0.6 is 0 Å². The highest BCUT2D eigenvalue weighted by Gasteiger charge is 2.39. The second-order valence-corrected chi connectivity index (χ2v) is 4.68. The SMILES string of the molecule is O=C(O)N(c1ccc(O)cc1)C1(O)CCCCC1. The lowest BCUT2D eigenvalue weighted by atomic mass is 9.90. The van der Waals surface area contributed by atoms with Crippen LogP contribution in [0.3, 0.4) is 0 Å². The summed E-state index contributed by atoms with van der Waals surface area (Å²) in [5.41, 5.74) is -0.953. The van der Waals surface area contributed by atoms with Crippen LogP contribution in [0.1, 0.15) is 32.1 Å². The predicted molar refractivity (Wildman–Crippen MR) is 66.6 cm³/mol. The van der Waals surface area contributed by atoms with Crippen LogP contribution < -0.4 is 4.90 Å². The van der Waals surface area contributed by atoms with Crippen LogP contribution in [0.15, 0.2) is 24.3 Å². The van der Waals surface area contributed by atoms with E-state index in [1.165, 1.54) is 24.3 Å². The van der Waals surface area contributed by atoms with Crippen molar-refractivity contribution in [3.63, 3.8) is 0 Å². The van der Waals surface area contributed by atoms with Gasteiger partial charge in [0.25, 0.3) is 0 Å². The minimum atomic E-state index is -1.33. The number of carboxylic acid groups (broad SMARTS) is 1. The summed E-state index contributed by atoms with van der Waals surface area (Å²) >= 11 is 0. The van der Waals surface area contributed by atoms with Crippen molar-refractivity contribution in [1.82, 2.24) is 0 Å². The molecule has 1 saturated carbocycles. The number of aromatic hydroxyl groups is 1. The monoisotopic (exact) mass is 251 g/mol. The van der Waals surface area contributed by atoms with Gasteiger partial charge >= 0.3 is 6.09 Å². The summed E-state index contributed by atoms with van der Waals surface area (Å²) in [4.78, 5) is 12.4. The van der Waals surface area contributed by atoms with E-state index in [9.17, 15) is 20.1 Å². The van der Waals surface area contributed by atoms with Gasteiger partial charge in [0.05, 0.1) is 5.69 Å². The van der Waals surface area contributed by atoms with Crippen LogP contribution in [0, 0.1) is 0 Å². The normalized spacial score (nSPS) is 18.3. The molecule has 18 heavy (non-hydrogen) atoms. The molecule has 1 aliphatic carbocycles. The molecule has 0 saturated heterocycles. The van der Waals surface area contributed by atoms with E-state index in [2.05, 4.69) is 0 Å². The summed E-state index contributed by atoms with van der Waals surface area (Å²) < 4.78 is 0. The fourth-order valence-electron chi connectivity index (χ4n) is 2.47. The largest absolute Gasteiger partial charge is 0.508 e. The lowest BCUT2D eigenvalue weighted by Gasteiger charge is -2.40. The van der Waals surface area contributed by atoms with E-state index in [0.29, 0.717) is 18.5 Å². The number of phenolic OH excluding ortho intramolecular Hbond substituents is 1. The van der Waals surface area contributed by atoms with Crippen molar-refractivity contribution in [1.29, 1.82) is 0 Å². The van der Waals surface area contributed by atoms with Gasteiger partial charge in [0, 0.05) is 0 Å². The molecule has 98 valence electrons. The molecule has 5 nitrogen and oxygen atoms in total. The Hall–Kier alpha value is -1.75. The maximum atomic E-state index is 11.4. The average molecular weight is 251 g/mol. The number of rotatable bonds is 2. The molecule has 1 fully saturated rings. The number of carbonyl (C=O) groups is 1. The molecule has 0 heterocycles. The summed E-state index contributed by atoms with van der Waals surface area (Å²) in [5, 5.41) is 29.0. The summed E-state index contributed by atoms with van der Waals surface area (Å²) in [5.74, 6) is 0.0692. The van der Waals surface area contributed by atoms with Gasteiger partial charge in [0.1, 0.15) is 11.5 Å². The molecule has 2 rings (SSSR count). The quantitative estimate of drug-likeness (QED) is 0.705. The standard InChI is InChI=1S/C13H17NO4/c15-11-6-4-10(5-7-11)14(12(16)17)13(18)8-2-1-3-9-13/h4-7,15,18H,1-3,8-9H2,(H,16,17). The van der Waals surface area contributed by atoms with Crippen LogP contribution in [0.4, 0.5) is 10.5 Å². The summed E-state index contributed by atoms with van der Waals surface area (Å²) in [7, 11) is 0. The molecule has 1 aromatic rings. The zero-order valence-electron chi connectivity index (χ0n) is 10.0. The highest BCUT2D eigenvalue weighted by molar-refractivity contribution is 5.87. The number of hydrogen-bond donors (Lipinski definition) is 3. The fraction of sp³-hybridized carbons (Fsp3) is 0.462. The van der Waals surface area contributed by atoms with Gasteiger partial charge in [-0.15, -0.1) is 0 Å². The number of phenols is 1. The van der Waals surface area contributed by atoms with E-state index < -0.39 is 11.8 Å². The van der Waals surface area contributed by atoms with Gasteiger partial charge in [0.2, 0.25) is 0 Å². The van der Waals surface area contributed by atoms with Gasteiger partial charge in [-0.05, 0) is 49.9 Å². The molecular formula is C13H17NO4. The van der Waals surface area contributed by atoms with Crippen LogP contribution in [0.5, 0.6) is 5.75 Å². The van der Waals surface area contributed by atoms with Crippen LogP contribution in [0.2, 0.25) is 0 Å². The molecule has 0 unspecified atom stereocenters. The van der Waals surface area contributed by atoms with Gasteiger partial charge < -0.3 is 15.3 Å². The van der Waals surface area contributed by atoms with E-state index in [-0.39, 0.29) is 5.75 Å². The Balaban J connectivity index is 2.33. The smallest absolute Gasteiger partial charge is 0.414 e. The fourth-order valence-corrected chi connectivity index (χ4v) is 2.47. The number of anilines is 1. The third-order valence-electron chi connectivity index (χ3n) is 3.37. The Morgan fingerprint density at radius 1 is 1.11 bits per heavy atom. The molecule has 0 aromatic heterocycles. The number of nitrogens with zero attached hydrogens (tertiary/aromatic N) is 1. The van der Waals surface area contributed by atoms with E-state index >= 15 is 0 Å². The van der Waals surface area contributed by atoms with Crippen LogP contribution in [-0.2, 0) is 0 Å². The van der Waals surface area contributed by atoms with Crippen molar-refractivity contribution in [2.45, 2.75) is 37.8 Å². The van der Waals surface area contributed by atoms with Gasteiger partial charge in [-0.1, -0.05) is 6.42 Å². The first-order valence-electron chi connectivity index (χ1n) is 6.07. The number of amides is 1. The van der Waals surface area contributed by atoms with Gasteiger partial charge in [0.15, 0.2) is 0 Å². The molecule has 1 aromatic carbocycles. The number of benzene rings is 1. The maximum Gasteiger partial charge on any atom is 0.414 e. The first-order chi connectivity index (χ1) is 8.53. The molecular weight excluding hydrogens is 234 g/mol. The van der Waals surface area contributed by atoms with Crippen LogP contribution in [0.25, 0.3) is 0 Å². The lowest BCUT2D eigenvalue weighted by Crippen LogP contribution is -2.53. The highest BCUT2D eigenvalue weighted by Crippen LogP contribution is 2.35. The minimum absolute atomic E-state index is 0.0692. The Morgan fingerprint density at radius 2 is 1.67 bits per heavy atom. The third kappa shape index (κ3) is 2.41. The molecule has 1 amide bonds. The minimum Gasteiger partial charge on any atom is -0.508 e. The Labute approximate surface area is 105 Å². The van der Waals surface area contributed by atoms with E-state index in [1.807, 2.05) is 0 Å². The lowest BCUT2D eigenvalue weighted by molar-refractivity contribution is 0.00355. The summed E-state index contributed by atoms with van der Waals surface area (Å²) in [6, 6.07) is 5.82. The highest BCUT2D eigenvalue weighted by atomic mass is 16.4. The van der Waals surface area contributed by atoms with Gasteiger partial charge in [-0.3, -0.25) is 0 Å². The second-order valence-electron chi connectivity index (χ2n) is 4.68. The zero-order valence-corrected chi connectivity index (χ0v) is 10.0. The van der Waals surface area contributed by atoms with Crippen molar-refractivity contribution in [2.75, 3.05) is 4.90 Å². The van der Waals surface area contributed by atoms with Crippen molar-refractivity contribution in [3.8, 4) is 5.75 Å². The number of aliphatic hydroxyl groups is 1. The van der Waals surface area contributed by atoms with Crippen molar-refractivity contribution in [3.05, 3.63) is 24.3 Å². The molecule has 0 atom stereocenters. The molecule has 3 N–H and O–H groups in total. The molecule has 0 aliphatic heterocycles. The first-order valence-corrected chi connectivity index (χ1v) is 6.07. The Morgan fingerprint density at radius 3 is 2.17 bits per heavy atom. The van der Waals surface area contributed by atoms with Gasteiger partial charge in [-0.25, -0.2) is 9.69 Å². The molecule has 5 heteroatoms. The molecule has 1 aliphatic rings. The van der Waals surface area contributed by atoms with Crippen molar-refractivity contribution >= 4 is 11.8 Å². The van der Waals surface area contributed by atoms with Crippen molar-refractivity contribution in [2.24, 2.45) is 0 Å². The van der Waals surface area contributed by atoms with Crippen molar-refractivity contribution < 1.29 is 20.1 Å². The summed E-state index contributed by atoms with van der Waals surface area (Å²) in [6.07, 6.45) is 2.37. The Bertz CT molecular complexity index is 423. The zero-order chi connectivity index (χ0) is 13.2. The molecule has 0 radical (unpaired) electrons.